The van der Waals surface area contributed by atoms with Crippen molar-refractivity contribution in [1.82, 2.24) is 0 Å². The summed E-state index contributed by atoms with van der Waals surface area (Å²) in [6, 6.07) is 0. The smallest absolute Gasteiger partial charge is 0.413 e. The zero-order valence-corrected chi connectivity index (χ0v) is 18.1. The highest BCUT2D eigenvalue weighted by Gasteiger charge is 2.57. The van der Waals surface area contributed by atoms with Crippen LogP contribution in [-0.4, -0.2) is 27.9 Å². The third-order valence-electron chi connectivity index (χ3n) is 6.89. The summed E-state index contributed by atoms with van der Waals surface area (Å²) in [7, 11) is -2.91. The van der Waals surface area contributed by atoms with Crippen molar-refractivity contribution in [1.29, 1.82) is 0 Å². The molecule has 0 aromatic carbocycles. The van der Waals surface area contributed by atoms with E-state index in [0.717, 1.165) is 16.6 Å². The van der Waals surface area contributed by atoms with E-state index in [0.29, 0.717) is 0 Å². The summed E-state index contributed by atoms with van der Waals surface area (Å²) in [6.07, 6.45) is 20.8. The van der Waals surface area contributed by atoms with E-state index in [9.17, 15) is 0 Å². The lowest BCUT2D eigenvalue weighted by Crippen LogP contribution is -2.61. The molecule has 0 aromatic heterocycles. The highest BCUT2D eigenvalue weighted by atomic mass is 28.5. The molecule has 0 unspecified atom stereocenters. The van der Waals surface area contributed by atoms with E-state index in [1.165, 1.54) is 96.3 Å². The summed E-state index contributed by atoms with van der Waals surface area (Å²) in [5.41, 5.74) is 2.25. The average molecular weight is 382 g/mol. The van der Waals surface area contributed by atoms with Crippen LogP contribution in [0.2, 0.25) is 16.6 Å². The zero-order chi connectivity index (χ0) is 16.2. The molecular formula is C18H33O3Si3. The van der Waals surface area contributed by atoms with E-state index < -0.39 is 17.8 Å². The third kappa shape index (κ3) is 3.78. The molecule has 3 nitrogen and oxygen atoms in total. The van der Waals surface area contributed by atoms with Gasteiger partial charge in [0.25, 0.3) is 0 Å². The van der Waals surface area contributed by atoms with Gasteiger partial charge in [0.2, 0.25) is 0 Å². The molecule has 0 N–H and O–H groups in total. The maximum Gasteiger partial charge on any atom is 0.413 e. The van der Waals surface area contributed by atoms with Gasteiger partial charge in [-0.2, -0.15) is 0 Å². The van der Waals surface area contributed by atoms with Crippen LogP contribution in [0.3, 0.4) is 0 Å². The molecule has 3 aliphatic carbocycles. The molecule has 1 heterocycles. The molecule has 0 atom stereocenters. The van der Waals surface area contributed by atoms with Gasteiger partial charge >= 0.3 is 27.9 Å². The Morgan fingerprint density at radius 2 is 1.17 bits per heavy atom. The lowest BCUT2D eigenvalue weighted by molar-refractivity contribution is 0.215. The van der Waals surface area contributed by atoms with Crippen molar-refractivity contribution in [2.45, 2.75) is 113 Å². The van der Waals surface area contributed by atoms with Crippen LogP contribution in [0.1, 0.15) is 96.3 Å². The van der Waals surface area contributed by atoms with E-state index in [2.05, 4.69) is 0 Å². The number of hydrogen-bond acceptors (Lipinski definition) is 3. The second-order valence-electron chi connectivity index (χ2n) is 8.43. The molecule has 24 heavy (non-hydrogen) atoms. The summed E-state index contributed by atoms with van der Waals surface area (Å²) in [6.45, 7) is 0. The van der Waals surface area contributed by atoms with Gasteiger partial charge in [0.05, 0.1) is 0 Å². The van der Waals surface area contributed by atoms with Gasteiger partial charge in [0, 0.05) is 16.6 Å². The monoisotopic (exact) mass is 381 g/mol. The third-order valence-corrected chi connectivity index (χ3v) is 16.4. The fraction of sp³-hybridized carbons (Fsp3) is 1.00. The highest BCUT2D eigenvalue weighted by molar-refractivity contribution is 6.82. The number of hydrogen-bond donors (Lipinski definition) is 0. The van der Waals surface area contributed by atoms with E-state index in [1.54, 1.807) is 0 Å². The van der Waals surface area contributed by atoms with Crippen LogP contribution in [0.15, 0.2) is 0 Å². The van der Waals surface area contributed by atoms with Crippen LogP contribution < -0.4 is 0 Å². The van der Waals surface area contributed by atoms with Crippen molar-refractivity contribution < 1.29 is 12.3 Å². The van der Waals surface area contributed by atoms with Gasteiger partial charge in [-0.3, -0.25) is 0 Å². The average Bonchev–Trinajstić information content (AvgIpc) is 2.70. The molecule has 4 aliphatic rings. The zero-order valence-electron chi connectivity index (χ0n) is 15.1. The fourth-order valence-electron chi connectivity index (χ4n) is 5.51. The highest BCUT2D eigenvalue weighted by Crippen LogP contribution is 2.51. The van der Waals surface area contributed by atoms with Crippen molar-refractivity contribution in [2.24, 2.45) is 0 Å². The fourth-order valence-corrected chi connectivity index (χ4v) is 17.2. The van der Waals surface area contributed by atoms with Crippen molar-refractivity contribution in [3.05, 3.63) is 0 Å². The molecule has 0 aromatic rings. The van der Waals surface area contributed by atoms with Gasteiger partial charge in [-0.25, -0.2) is 0 Å². The molecule has 3 radical (unpaired) electrons. The Hall–Kier alpha value is 0.531. The first-order valence-electron chi connectivity index (χ1n) is 10.5. The second kappa shape index (κ2) is 8.48. The Kier molecular flexibility index (Phi) is 6.33. The number of rotatable bonds is 3. The van der Waals surface area contributed by atoms with Crippen molar-refractivity contribution in [3.63, 3.8) is 0 Å². The summed E-state index contributed by atoms with van der Waals surface area (Å²) in [4.78, 5) is 0. The Morgan fingerprint density at radius 3 is 1.71 bits per heavy atom. The van der Waals surface area contributed by atoms with Crippen LogP contribution in [0, 0.1) is 0 Å². The molecule has 6 heteroatoms. The van der Waals surface area contributed by atoms with E-state index in [4.69, 9.17) is 12.3 Å². The van der Waals surface area contributed by atoms with Crippen LogP contribution >= 0.6 is 0 Å². The van der Waals surface area contributed by atoms with Gasteiger partial charge in [-0.1, -0.05) is 57.8 Å². The molecule has 1 saturated heterocycles. The predicted molar refractivity (Wildman–Crippen MR) is 101 cm³/mol. The minimum absolute atomic E-state index is 0.288. The van der Waals surface area contributed by atoms with Gasteiger partial charge in [0.15, 0.2) is 0 Å². The second-order valence-corrected chi connectivity index (χ2v) is 15.6. The molecule has 0 spiro atoms. The Bertz CT molecular complexity index is 373. The van der Waals surface area contributed by atoms with Gasteiger partial charge < -0.3 is 12.3 Å². The first-order chi connectivity index (χ1) is 11.9. The maximum absolute atomic E-state index is 7.10. The Labute approximate surface area is 153 Å². The van der Waals surface area contributed by atoms with Crippen LogP contribution in [0.25, 0.3) is 0 Å². The lowest BCUT2D eigenvalue weighted by atomic mass is 9.99. The lowest BCUT2D eigenvalue weighted by Gasteiger charge is -2.50. The molecule has 3 saturated carbocycles. The van der Waals surface area contributed by atoms with Gasteiger partial charge in [0.1, 0.15) is 0 Å². The first-order valence-corrected chi connectivity index (χ1v) is 14.7. The standard InChI is InChI=1S/C18H33O3Si3/c1-4-10-16(11-5-1)23-19-22-20-24(21-23,17-12-6-2-7-13-17)18-14-8-3-9-15-18/h16-18H,1-15H2. The summed E-state index contributed by atoms with van der Waals surface area (Å²) >= 11 is 0. The minimum Gasteiger partial charge on any atom is -0.414 e. The quantitative estimate of drug-likeness (QED) is 0.603. The largest absolute Gasteiger partial charge is 0.414 e. The minimum atomic E-state index is -2.10. The molecule has 135 valence electrons. The Balaban J connectivity index is 1.53. The van der Waals surface area contributed by atoms with E-state index >= 15 is 0 Å². The van der Waals surface area contributed by atoms with Crippen molar-refractivity contribution in [3.8, 4) is 0 Å². The SMILES string of the molecule is C1CCC([Si]2O[Si]O[Si](C3CCCCC3)(C3CCCCC3)O2)CC1. The van der Waals surface area contributed by atoms with Gasteiger partial charge in [-0.15, -0.1) is 0 Å². The molecule has 0 bridgehead atoms. The van der Waals surface area contributed by atoms with E-state index in [-0.39, 0.29) is 10.0 Å². The summed E-state index contributed by atoms with van der Waals surface area (Å²) < 4.78 is 19.9. The summed E-state index contributed by atoms with van der Waals surface area (Å²) in [5, 5.41) is 0. The molecular weight excluding hydrogens is 348 g/mol. The normalized spacial score (nSPS) is 32.0. The molecule has 4 rings (SSSR count). The maximum atomic E-state index is 7.10. The molecule has 4 fully saturated rings. The molecule has 0 amide bonds. The topological polar surface area (TPSA) is 27.7 Å². The van der Waals surface area contributed by atoms with Crippen LogP contribution in [0.5, 0.6) is 0 Å². The predicted octanol–water partition coefficient (Wildman–Crippen LogP) is 5.52. The van der Waals surface area contributed by atoms with Crippen molar-refractivity contribution in [2.75, 3.05) is 0 Å². The van der Waals surface area contributed by atoms with Crippen molar-refractivity contribution >= 4 is 27.9 Å². The first kappa shape index (κ1) is 17.9. The molecule has 1 aliphatic heterocycles. The van der Waals surface area contributed by atoms with Crippen LogP contribution in [-0.2, 0) is 12.3 Å². The van der Waals surface area contributed by atoms with E-state index in [1.807, 2.05) is 0 Å². The Morgan fingerprint density at radius 1 is 0.667 bits per heavy atom. The summed E-state index contributed by atoms with van der Waals surface area (Å²) in [5.74, 6) is 0. The van der Waals surface area contributed by atoms with Crippen LogP contribution in [0.4, 0.5) is 0 Å². The van der Waals surface area contributed by atoms with Gasteiger partial charge in [-0.05, 0) is 38.5 Å².